The predicted octanol–water partition coefficient (Wildman–Crippen LogP) is 2.37. The summed E-state index contributed by atoms with van der Waals surface area (Å²) in [4.78, 5) is 24.2. The highest BCUT2D eigenvalue weighted by Gasteiger charge is 2.13. The summed E-state index contributed by atoms with van der Waals surface area (Å²) < 4.78 is 33.4. The minimum absolute atomic E-state index is 0.124. The molecular formula is C19H21ClN2O6S. The lowest BCUT2D eigenvalue weighted by molar-refractivity contribution is -0.122. The summed E-state index contributed by atoms with van der Waals surface area (Å²) in [6.45, 7) is 0.255. The van der Waals surface area contributed by atoms with Gasteiger partial charge in [-0.15, -0.1) is 0 Å². The molecule has 0 radical (unpaired) electrons. The molecule has 2 N–H and O–H groups in total. The van der Waals surface area contributed by atoms with Gasteiger partial charge in [0.25, 0.3) is 5.91 Å². The van der Waals surface area contributed by atoms with Gasteiger partial charge in [0.2, 0.25) is 5.91 Å². The van der Waals surface area contributed by atoms with Gasteiger partial charge in [-0.1, -0.05) is 11.6 Å². The number of carbonyl (C=O) groups excluding carboxylic acids is 2. The topological polar surface area (TPSA) is 111 Å². The number of carbonyl (C=O) groups is 2. The summed E-state index contributed by atoms with van der Waals surface area (Å²) in [6, 6.07) is 10.5. The summed E-state index contributed by atoms with van der Waals surface area (Å²) in [6.07, 6.45) is 1.66. The van der Waals surface area contributed by atoms with Crippen LogP contribution in [0.1, 0.15) is 23.2 Å². The highest BCUT2D eigenvalue weighted by atomic mass is 35.5. The van der Waals surface area contributed by atoms with E-state index in [-0.39, 0.29) is 29.4 Å². The van der Waals surface area contributed by atoms with E-state index in [1.165, 1.54) is 31.4 Å². The Morgan fingerprint density at radius 1 is 1.07 bits per heavy atom. The van der Waals surface area contributed by atoms with Crippen LogP contribution in [0.2, 0.25) is 5.02 Å². The van der Waals surface area contributed by atoms with Gasteiger partial charge < -0.3 is 9.47 Å². The van der Waals surface area contributed by atoms with Gasteiger partial charge in [-0.05, 0) is 48.9 Å². The number of sulfone groups is 1. The van der Waals surface area contributed by atoms with Crippen molar-refractivity contribution in [2.45, 2.75) is 17.7 Å². The van der Waals surface area contributed by atoms with Crippen molar-refractivity contribution in [2.24, 2.45) is 0 Å². The highest BCUT2D eigenvalue weighted by Crippen LogP contribution is 2.22. The van der Waals surface area contributed by atoms with Crippen LogP contribution in [-0.4, -0.2) is 40.2 Å². The van der Waals surface area contributed by atoms with E-state index in [1.807, 2.05) is 0 Å². The standard InChI is InChI=1S/C19H21ClN2O6S/c1-27-17-12-13(20)5-10-16(17)19(24)22-21-18(23)4-3-11-28-14-6-8-15(9-7-14)29(2,25)26/h5-10,12H,3-4,11H2,1-2H3,(H,21,23)(H,22,24). The first-order valence-electron chi connectivity index (χ1n) is 8.56. The lowest BCUT2D eigenvalue weighted by Crippen LogP contribution is -2.41. The van der Waals surface area contributed by atoms with Crippen molar-refractivity contribution in [1.82, 2.24) is 10.9 Å². The summed E-state index contributed by atoms with van der Waals surface area (Å²) >= 11 is 5.85. The van der Waals surface area contributed by atoms with Gasteiger partial charge in [0.15, 0.2) is 9.84 Å². The zero-order chi connectivity index (χ0) is 21.4. The molecule has 0 aliphatic rings. The molecule has 0 aliphatic heterocycles. The van der Waals surface area contributed by atoms with E-state index in [9.17, 15) is 18.0 Å². The molecule has 0 spiro atoms. The van der Waals surface area contributed by atoms with Crippen molar-refractivity contribution in [3.8, 4) is 11.5 Å². The molecule has 2 amide bonds. The Morgan fingerprint density at radius 3 is 2.38 bits per heavy atom. The number of halogens is 1. The Hall–Kier alpha value is -2.78. The molecule has 29 heavy (non-hydrogen) atoms. The third-order valence-electron chi connectivity index (χ3n) is 3.79. The molecule has 2 rings (SSSR count). The van der Waals surface area contributed by atoms with Gasteiger partial charge in [-0.25, -0.2) is 8.42 Å². The van der Waals surface area contributed by atoms with Gasteiger partial charge in [0.05, 0.1) is 24.2 Å². The molecular weight excluding hydrogens is 420 g/mol. The third kappa shape index (κ3) is 6.95. The van der Waals surface area contributed by atoms with Gasteiger partial charge in [0, 0.05) is 17.7 Å². The number of ether oxygens (including phenoxy) is 2. The normalized spacial score (nSPS) is 10.9. The van der Waals surface area contributed by atoms with E-state index >= 15 is 0 Å². The zero-order valence-corrected chi connectivity index (χ0v) is 17.5. The fraction of sp³-hybridized carbons (Fsp3) is 0.263. The van der Waals surface area contributed by atoms with E-state index in [2.05, 4.69) is 10.9 Å². The smallest absolute Gasteiger partial charge is 0.273 e. The van der Waals surface area contributed by atoms with E-state index in [0.29, 0.717) is 22.9 Å². The monoisotopic (exact) mass is 440 g/mol. The summed E-state index contributed by atoms with van der Waals surface area (Å²) in [5.74, 6) is -0.128. The molecule has 156 valence electrons. The van der Waals surface area contributed by atoms with E-state index in [1.54, 1.807) is 18.2 Å². The first-order chi connectivity index (χ1) is 13.7. The molecule has 0 aromatic heterocycles. The molecule has 2 aromatic rings. The van der Waals surface area contributed by atoms with Gasteiger partial charge >= 0.3 is 0 Å². The van der Waals surface area contributed by atoms with E-state index in [4.69, 9.17) is 21.1 Å². The largest absolute Gasteiger partial charge is 0.496 e. The van der Waals surface area contributed by atoms with Gasteiger partial charge in [0.1, 0.15) is 11.5 Å². The van der Waals surface area contributed by atoms with Crippen LogP contribution in [0.15, 0.2) is 47.4 Å². The number of rotatable bonds is 8. The summed E-state index contributed by atoms with van der Waals surface area (Å²) in [7, 11) is -1.84. The summed E-state index contributed by atoms with van der Waals surface area (Å²) in [5, 5.41) is 0.424. The molecule has 2 aromatic carbocycles. The van der Waals surface area contributed by atoms with Crippen molar-refractivity contribution >= 4 is 33.3 Å². The van der Waals surface area contributed by atoms with Crippen molar-refractivity contribution in [3.63, 3.8) is 0 Å². The molecule has 0 saturated carbocycles. The van der Waals surface area contributed by atoms with Crippen molar-refractivity contribution in [2.75, 3.05) is 20.0 Å². The quantitative estimate of drug-likeness (QED) is 0.481. The first-order valence-corrected chi connectivity index (χ1v) is 10.8. The summed E-state index contributed by atoms with van der Waals surface area (Å²) in [5.41, 5.74) is 4.87. The Morgan fingerprint density at radius 2 is 1.76 bits per heavy atom. The number of hydrazine groups is 1. The number of amides is 2. The lowest BCUT2D eigenvalue weighted by atomic mass is 10.2. The third-order valence-corrected chi connectivity index (χ3v) is 5.16. The molecule has 0 fully saturated rings. The number of hydrogen-bond donors (Lipinski definition) is 2. The molecule has 0 atom stereocenters. The number of nitrogens with one attached hydrogen (secondary N) is 2. The van der Waals surface area contributed by atoms with E-state index in [0.717, 1.165) is 6.26 Å². The fourth-order valence-corrected chi connectivity index (χ4v) is 3.11. The maximum absolute atomic E-state index is 12.1. The minimum Gasteiger partial charge on any atom is -0.496 e. The van der Waals surface area contributed by atoms with Gasteiger partial charge in [-0.2, -0.15) is 0 Å². The minimum atomic E-state index is -3.25. The Bertz CT molecular complexity index is 977. The Balaban J connectivity index is 1.73. The molecule has 0 unspecified atom stereocenters. The maximum Gasteiger partial charge on any atom is 0.273 e. The Labute approximate surface area is 174 Å². The lowest BCUT2D eigenvalue weighted by Gasteiger charge is -2.11. The number of methoxy groups -OCH3 is 1. The fourth-order valence-electron chi connectivity index (χ4n) is 2.31. The van der Waals surface area contributed by atoms with Crippen molar-refractivity contribution in [3.05, 3.63) is 53.1 Å². The van der Waals surface area contributed by atoms with Crippen LogP contribution < -0.4 is 20.3 Å². The Kier molecular flexibility index (Phi) is 7.86. The highest BCUT2D eigenvalue weighted by molar-refractivity contribution is 7.90. The van der Waals surface area contributed by atoms with Crippen LogP contribution in [0.5, 0.6) is 11.5 Å². The van der Waals surface area contributed by atoms with Crippen LogP contribution in [0, 0.1) is 0 Å². The SMILES string of the molecule is COc1cc(Cl)ccc1C(=O)NNC(=O)CCCOc1ccc(S(C)(=O)=O)cc1. The van der Waals surface area contributed by atoms with Crippen LogP contribution in [0.3, 0.4) is 0 Å². The average molecular weight is 441 g/mol. The molecule has 0 heterocycles. The van der Waals surface area contributed by atoms with Crippen LogP contribution in [0.4, 0.5) is 0 Å². The second kappa shape index (κ2) is 10.1. The zero-order valence-electron chi connectivity index (χ0n) is 15.9. The molecule has 8 nitrogen and oxygen atoms in total. The maximum atomic E-state index is 12.1. The first kappa shape index (κ1) is 22.5. The second-order valence-corrected chi connectivity index (χ2v) is 8.49. The van der Waals surface area contributed by atoms with Crippen molar-refractivity contribution < 1.29 is 27.5 Å². The van der Waals surface area contributed by atoms with Crippen LogP contribution >= 0.6 is 11.6 Å². The second-order valence-electron chi connectivity index (χ2n) is 6.04. The molecule has 0 bridgehead atoms. The van der Waals surface area contributed by atoms with Gasteiger partial charge in [-0.3, -0.25) is 20.4 Å². The molecule has 0 aliphatic carbocycles. The number of hydrogen-bond acceptors (Lipinski definition) is 6. The van der Waals surface area contributed by atoms with Crippen molar-refractivity contribution in [1.29, 1.82) is 0 Å². The average Bonchev–Trinajstić information content (AvgIpc) is 2.69. The molecule has 10 heteroatoms. The van der Waals surface area contributed by atoms with E-state index < -0.39 is 15.7 Å². The number of benzene rings is 2. The predicted molar refractivity (Wildman–Crippen MR) is 108 cm³/mol. The van der Waals surface area contributed by atoms with Crippen LogP contribution in [-0.2, 0) is 14.6 Å². The molecule has 0 saturated heterocycles. The van der Waals surface area contributed by atoms with Crippen LogP contribution in [0.25, 0.3) is 0 Å².